The first-order valence-electron chi connectivity index (χ1n) is 8.57. The van der Waals surface area contributed by atoms with Gasteiger partial charge in [0.05, 0.1) is 19.0 Å². The first-order valence-corrected chi connectivity index (χ1v) is 8.57. The smallest absolute Gasteiger partial charge is 0.167 e. The molecule has 24 heavy (non-hydrogen) atoms. The Kier molecular flexibility index (Phi) is 4.11. The number of ether oxygens (including phenoxy) is 1. The third kappa shape index (κ3) is 2.54. The average Bonchev–Trinajstić information content (AvgIpc) is 3.30. The fourth-order valence-electron chi connectivity index (χ4n) is 3.77. The Balaban J connectivity index is 1.65. The predicted octanol–water partition coefficient (Wildman–Crippen LogP) is 1.07. The molecule has 0 bridgehead atoms. The highest BCUT2D eigenvalue weighted by molar-refractivity contribution is 5.82. The van der Waals surface area contributed by atoms with Crippen LogP contribution in [0.15, 0.2) is 12.7 Å². The number of fused-ring (bicyclic) bond motifs is 1. The number of aliphatic hydroxyl groups is 2. The third-order valence-corrected chi connectivity index (χ3v) is 5.19. The second kappa shape index (κ2) is 6.27. The van der Waals surface area contributed by atoms with Gasteiger partial charge in [0.25, 0.3) is 0 Å². The van der Waals surface area contributed by atoms with Crippen LogP contribution in [-0.2, 0) is 4.74 Å². The van der Waals surface area contributed by atoms with E-state index in [2.05, 4.69) is 20.3 Å². The normalized spacial score (nSPS) is 31.1. The topological polar surface area (TPSA) is 105 Å². The zero-order valence-electron chi connectivity index (χ0n) is 13.7. The molecule has 2 fully saturated rings. The highest BCUT2D eigenvalue weighted by Crippen LogP contribution is 2.36. The Bertz CT molecular complexity index is 715. The number of hydrogen-bond donors (Lipinski definition) is 3. The third-order valence-electron chi connectivity index (χ3n) is 5.19. The van der Waals surface area contributed by atoms with Crippen LogP contribution in [0, 0.1) is 5.92 Å². The Morgan fingerprint density at radius 2 is 2.08 bits per heavy atom. The zero-order chi connectivity index (χ0) is 16.7. The number of imidazole rings is 1. The number of anilines is 1. The van der Waals surface area contributed by atoms with Crippen molar-refractivity contribution in [2.24, 2.45) is 5.92 Å². The summed E-state index contributed by atoms with van der Waals surface area (Å²) in [7, 11) is 0. The second-order valence-corrected chi connectivity index (χ2v) is 6.77. The minimum Gasteiger partial charge on any atom is -0.394 e. The van der Waals surface area contributed by atoms with Crippen LogP contribution in [-0.4, -0.2) is 54.6 Å². The first kappa shape index (κ1) is 15.7. The Labute approximate surface area is 139 Å². The standard InChI is InChI=1S/C16H23N5O3/c1-9-13(23)11(6-22)24-16(9)21-8-19-12-14(17-7-18-15(12)21)20-10-4-2-3-5-10/h7-11,13,16,22-23H,2-6H2,1H3,(H,17,18,20)/t9-,11-,13-,16-/m1/s1. The molecule has 0 aromatic carbocycles. The highest BCUT2D eigenvalue weighted by Gasteiger charge is 2.42. The van der Waals surface area contributed by atoms with Crippen molar-refractivity contribution in [3.63, 3.8) is 0 Å². The minimum absolute atomic E-state index is 0.166. The molecule has 8 heteroatoms. The molecule has 0 spiro atoms. The van der Waals surface area contributed by atoms with Gasteiger partial charge >= 0.3 is 0 Å². The average molecular weight is 333 g/mol. The Hall–Kier alpha value is -1.77. The Morgan fingerprint density at radius 3 is 2.79 bits per heavy atom. The second-order valence-electron chi connectivity index (χ2n) is 6.77. The molecule has 0 amide bonds. The lowest BCUT2D eigenvalue weighted by Gasteiger charge is -2.17. The van der Waals surface area contributed by atoms with Gasteiger partial charge in [0.1, 0.15) is 18.7 Å². The van der Waals surface area contributed by atoms with Crippen molar-refractivity contribution < 1.29 is 14.9 Å². The van der Waals surface area contributed by atoms with E-state index < -0.39 is 18.4 Å². The van der Waals surface area contributed by atoms with E-state index in [0.29, 0.717) is 17.2 Å². The summed E-state index contributed by atoms with van der Waals surface area (Å²) >= 11 is 0. The van der Waals surface area contributed by atoms with E-state index in [-0.39, 0.29) is 12.5 Å². The van der Waals surface area contributed by atoms with Crippen molar-refractivity contribution >= 4 is 17.0 Å². The molecular weight excluding hydrogens is 310 g/mol. The molecule has 130 valence electrons. The lowest BCUT2D eigenvalue weighted by molar-refractivity contribution is -0.0447. The quantitative estimate of drug-likeness (QED) is 0.768. The van der Waals surface area contributed by atoms with Crippen molar-refractivity contribution in [1.82, 2.24) is 19.5 Å². The maximum atomic E-state index is 10.2. The number of rotatable bonds is 4. The van der Waals surface area contributed by atoms with Crippen molar-refractivity contribution in [1.29, 1.82) is 0 Å². The SMILES string of the molecule is C[C@@H]1[C@@H](O)[C@@H](CO)O[C@H]1n1cnc2c(NC3CCCC3)ncnc21. The van der Waals surface area contributed by atoms with Crippen LogP contribution in [0.1, 0.15) is 38.8 Å². The van der Waals surface area contributed by atoms with E-state index in [4.69, 9.17) is 4.74 Å². The van der Waals surface area contributed by atoms with E-state index >= 15 is 0 Å². The largest absolute Gasteiger partial charge is 0.394 e. The minimum atomic E-state index is -0.713. The van der Waals surface area contributed by atoms with Gasteiger partial charge in [0.2, 0.25) is 0 Å². The van der Waals surface area contributed by atoms with Gasteiger partial charge in [-0.1, -0.05) is 19.8 Å². The maximum absolute atomic E-state index is 10.2. The molecule has 3 N–H and O–H groups in total. The molecular formula is C16H23N5O3. The lowest BCUT2D eigenvalue weighted by atomic mass is 10.0. The number of nitrogens with one attached hydrogen (secondary N) is 1. The van der Waals surface area contributed by atoms with E-state index in [1.807, 2.05) is 11.5 Å². The van der Waals surface area contributed by atoms with Gasteiger partial charge in [0.15, 0.2) is 17.0 Å². The molecule has 0 unspecified atom stereocenters. The van der Waals surface area contributed by atoms with Crippen molar-refractivity contribution in [3.8, 4) is 0 Å². The molecule has 3 heterocycles. The molecule has 4 rings (SSSR count). The van der Waals surface area contributed by atoms with Crippen LogP contribution in [0.25, 0.3) is 11.2 Å². The fraction of sp³-hybridized carbons (Fsp3) is 0.688. The van der Waals surface area contributed by atoms with Crippen LogP contribution in [0.3, 0.4) is 0 Å². The summed E-state index contributed by atoms with van der Waals surface area (Å²) in [6.07, 6.45) is 6.29. The van der Waals surface area contributed by atoms with Crippen LogP contribution >= 0.6 is 0 Å². The number of aliphatic hydroxyl groups excluding tert-OH is 2. The fourth-order valence-corrected chi connectivity index (χ4v) is 3.77. The van der Waals surface area contributed by atoms with Crippen LogP contribution in [0.5, 0.6) is 0 Å². The molecule has 2 aromatic heterocycles. The summed E-state index contributed by atoms with van der Waals surface area (Å²) in [6, 6.07) is 0.440. The van der Waals surface area contributed by atoms with Gasteiger partial charge in [-0.25, -0.2) is 15.0 Å². The number of hydrogen-bond acceptors (Lipinski definition) is 7. The Morgan fingerprint density at radius 1 is 1.29 bits per heavy atom. The molecule has 0 radical (unpaired) electrons. The molecule has 4 atom stereocenters. The molecule has 2 aliphatic rings. The van der Waals surface area contributed by atoms with E-state index in [0.717, 1.165) is 18.7 Å². The van der Waals surface area contributed by atoms with Gasteiger partial charge in [-0.3, -0.25) is 4.57 Å². The van der Waals surface area contributed by atoms with E-state index in [9.17, 15) is 10.2 Å². The van der Waals surface area contributed by atoms with Gasteiger partial charge in [-0.2, -0.15) is 0 Å². The van der Waals surface area contributed by atoms with Crippen LogP contribution in [0.2, 0.25) is 0 Å². The monoisotopic (exact) mass is 333 g/mol. The van der Waals surface area contributed by atoms with Crippen molar-refractivity contribution in [2.45, 2.75) is 57.1 Å². The molecule has 8 nitrogen and oxygen atoms in total. The summed E-state index contributed by atoms with van der Waals surface area (Å²) in [5.74, 6) is 0.580. The van der Waals surface area contributed by atoms with Crippen molar-refractivity contribution in [2.75, 3.05) is 11.9 Å². The molecule has 1 aliphatic carbocycles. The summed E-state index contributed by atoms with van der Waals surface area (Å²) in [5, 5.41) is 23.0. The van der Waals surface area contributed by atoms with Gasteiger partial charge in [-0.05, 0) is 12.8 Å². The lowest BCUT2D eigenvalue weighted by Crippen LogP contribution is -2.28. The number of aromatic nitrogens is 4. The van der Waals surface area contributed by atoms with E-state index in [1.165, 1.54) is 19.2 Å². The summed E-state index contributed by atoms with van der Waals surface area (Å²) in [4.78, 5) is 13.2. The predicted molar refractivity (Wildman–Crippen MR) is 87.4 cm³/mol. The van der Waals surface area contributed by atoms with E-state index in [1.54, 1.807) is 6.33 Å². The zero-order valence-corrected chi connectivity index (χ0v) is 13.7. The molecule has 1 saturated carbocycles. The molecule has 2 aromatic rings. The van der Waals surface area contributed by atoms with Gasteiger partial charge in [-0.15, -0.1) is 0 Å². The first-order chi connectivity index (χ1) is 11.7. The van der Waals surface area contributed by atoms with Gasteiger partial charge < -0.3 is 20.3 Å². The molecule has 1 saturated heterocycles. The summed E-state index contributed by atoms with van der Waals surface area (Å²) < 4.78 is 7.62. The number of nitrogens with zero attached hydrogens (tertiary/aromatic N) is 4. The van der Waals surface area contributed by atoms with Crippen LogP contribution in [0.4, 0.5) is 5.82 Å². The summed E-state index contributed by atoms with van der Waals surface area (Å²) in [5.41, 5.74) is 1.38. The van der Waals surface area contributed by atoms with Crippen LogP contribution < -0.4 is 5.32 Å². The van der Waals surface area contributed by atoms with Crippen molar-refractivity contribution in [3.05, 3.63) is 12.7 Å². The highest BCUT2D eigenvalue weighted by atomic mass is 16.5. The van der Waals surface area contributed by atoms with Gasteiger partial charge in [0, 0.05) is 12.0 Å². The molecule has 1 aliphatic heterocycles. The summed E-state index contributed by atoms with van der Waals surface area (Å²) in [6.45, 7) is 1.69. The maximum Gasteiger partial charge on any atom is 0.167 e.